The van der Waals surface area contributed by atoms with Crippen LogP contribution < -0.4 is 4.74 Å². The van der Waals surface area contributed by atoms with Gasteiger partial charge in [0.1, 0.15) is 12.4 Å². The molecule has 1 heterocycles. The van der Waals surface area contributed by atoms with E-state index >= 15 is 0 Å². The molecule has 0 spiro atoms. The molecule has 1 aliphatic rings. The van der Waals surface area contributed by atoms with E-state index in [0.29, 0.717) is 27.3 Å². The van der Waals surface area contributed by atoms with Gasteiger partial charge in [-0.2, -0.15) is 0 Å². The zero-order valence-corrected chi connectivity index (χ0v) is 20.7. The summed E-state index contributed by atoms with van der Waals surface area (Å²) in [5, 5.41) is 2.78. The summed E-state index contributed by atoms with van der Waals surface area (Å²) in [5.41, 5.74) is 2.43. The van der Waals surface area contributed by atoms with Crippen LogP contribution in [0.15, 0.2) is 89.8 Å². The Kier molecular flexibility index (Phi) is 6.82. The maximum absolute atomic E-state index is 13.2. The average Bonchev–Trinajstić information content (AvgIpc) is 3.13. The van der Waals surface area contributed by atoms with Gasteiger partial charge in [-0.1, -0.05) is 83.9 Å². The molecule has 7 heteroatoms. The lowest BCUT2D eigenvalue weighted by Crippen LogP contribution is -2.27. The van der Waals surface area contributed by atoms with Gasteiger partial charge in [-0.3, -0.25) is 14.5 Å². The molecule has 2 amide bonds. The van der Waals surface area contributed by atoms with Crippen molar-refractivity contribution in [3.05, 3.63) is 117 Å². The molecule has 0 aliphatic carbocycles. The molecular formula is C28H19Cl2NO3S. The number of hydrogen-bond donors (Lipinski definition) is 0. The lowest BCUT2D eigenvalue weighted by Gasteiger charge is -2.14. The molecule has 4 nitrogen and oxygen atoms in total. The van der Waals surface area contributed by atoms with Crippen LogP contribution >= 0.6 is 35.0 Å². The number of hydrogen-bond acceptors (Lipinski definition) is 4. The van der Waals surface area contributed by atoms with Crippen LogP contribution in [-0.2, 0) is 17.9 Å². The predicted molar refractivity (Wildman–Crippen MR) is 143 cm³/mol. The summed E-state index contributed by atoms with van der Waals surface area (Å²) in [5.74, 6) is 0.271. The number of rotatable bonds is 6. The van der Waals surface area contributed by atoms with Crippen LogP contribution in [0.3, 0.4) is 0 Å². The fraction of sp³-hybridized carbons (Fsp3) is 0.0714. The summed E-state index contributed by atoms with van der Waals surface area (Å²) in [4.78, 5) is 27.5. The van der Waals surface area contributed by atoms with E-state index in [1.165, 1.54) is 4.90 Å². The Balaban J connectivity index is 1.48. The van der Waals surface area contributed by atoms with Gasteiger partial charge in [0.15, 0.2) is 0 Å². The summed E-state index contributed by atoms with van der Waals surface area (Å²) >= 11 is 13.2. The second-order valence-corrected chi connectivity index (χ2v) is 9.81. The summed E-state index contributed by atoms with van der Waals surface area (Å²) in [6.07, 6.45) is 1.75. The first kappa shape index (κ1) is 23.5. The van der Waals surface area contributed by atoms with Gasteiger partial charge >= 0.3 is 0 Å². The molecule has 0 radical (unpaired) electrons. The number of halogens is 2. The minimum absolute atomic E-state index is 0.122. The van der Waals surface area contributed by atoms with E-state index in [1.807, 2.05) is 78.9 Å². The standard InChI is InChI=1S/C28H19Cl2NO3S/c29-21-12-9-18(10-13-21)17-34-25-14-11-19-5-1-3-7-22(19)23(25)15-26-27(32)31(28(33)35-26)16-20-6-2-4-8-24(20)30/h1-15H,16-17H2/b26-15+. The molecule has 1 fully saturated rings. The molecule has 35 heavy (non-hydrogen) atoms. The van der Waals surface area contributed by atoms with Crippen molar-refractivity contribution in [3.8, 4) is 5.75 Å². The van der Waals surface area contributed by atoms with Crippen LogP contribution in [-0.4, -0.2) is 16.0 Å². The number of benzene rings is 4. The molecule has 0 unspecified atom stereocenters. The molecule has 0 aromatic heterocycles. The van der Waals surface area contributed by atoms with Crippen molar-refractivity contribution in [2.24, 2.45) is 0 Å². The largest absolute Gasteiger partial charge is 0.488 e. The van der Waals surface area contributed by atoms with E-state index in [4.69, 9.17) is 27.9 Å². The average molecular weight is 520 g/mol. The Morgan fingerprint density at radius 1 is 0.857 bits per heavy atom. The van der Waals surface area contributed by atoms with Crippen molar-refractivity contribution in [3.63, 3.8) is 0 Å². The van der Waals surface area contributed by atoms with Gasteiger partial charge in [-0.05, 0) is 64.0 Å². The van der Waals surface area contributed by atoms with Crippen molar-refractivity contribution in [2.75, 3.05) is 0 Å². The van der Waals surface area contributed by atoms with Crippen molar-refractivity contribution in [2.45, 2.75) is 13.2 Å². The van der Waals surface area contributed by atoms with E-state index in [1.54, 1.807) is 12.1 Å². The maximum atomic E-state index is 13.2. The third-order valence-corrected chi connectivity index (χ3v) is 7.20. The van der Waals surface area contributed by atoms with Crippen LogP contribution in [0.2, 0.25) is 10.0 Å². The number of carbonyl (C=O) groups is 2. The van der Waals surface area contributed by atoms with E-state index < -0.39 is 0 Å². The molecular weight excluding hydrogens is 501 g/mol. The second kappa shape index (κ2) is 10.2. The van der Waals surface area contributed by atoms with Gasteiger partial charge in [0, 0.05) is 15.6 Å². The summed E-state index contributed by atoms with van der Waals surface area (Å²) in [6.45, 7) is 0.460. The fourth-order valence-electron chi connectivity index (χ4n) is 3.86. The first-order valence-corrected chi connectivity index (χ1v) is 12.4. The van der Waals surface area contributed by atoms with Gasteiger partial charge in [0.25, 0.3) is 11.1 Å². The lowest BCUT2D eigenvalue weighted by molar-refractivity contribution is -0.123. The summed E-state index contributed by atoms with van der Waals surface area (Å²) in [7, 11) is 0. The van der Waals surface area contributed by atoms with Crippen LogP contribution in [0.4, 0.5) is 4.79 Å². The zero-order chi connectivity index (χ0) is 24.4. The molecule has 174 valence electrons. The minimum atomic E-state index is -0.350. The first-order chi connectivity index (χ1) is 17.0. The number of carbonyl (C=O) groups excluding carboxylic acids is 2. The minimum Gasteiger partial charge on any atom is -0.488 e. The first-order valence-electron chi connectivity index (χ1n) is 10.9. The van der Waals surface area contributed by atoms with Crippen LogP contribution in [0.25, 0.3) is 16.8 Å². The summed E-state index contributed by atoms with van der Waals surface area (Å²) < 4.78 is 6.16. The predicted octanol–water partition coefficient (Wildman–Crippen LogP) is 7.96. The van der Waals surface area contributed by atoms with E-state index in [0.717, 1.165) is 39.2 Å². The number of fused-ring (bicyclic) bond motifs is 1. The third kappa shape index (κ3) is 5.08. The Bertz CT molecular complexity index is 1470. The topological polar surface area (TPSA) is 46.6 Å². The number of imide groups is 1. The van der Waals surface area contributed by atoms with Crippen molar-refractivity contribution < 1.29 is 14.3 Å². The maximum Gasteiger partial charge on any atom is 0.293 e. The van der Waals surface area contributed by atoms with E-state index in [2.05, 4.69) is 0 Å². The van der Waals surface area contributed by atoms with Gasteiger partial charge in [-0.25, -0.2) is 0 Å². The van der Waals surface area contributed by atoms with Gasteiger partial charge in [-0.15, -0.1) is 0 Å². The smallest absolute Gasteiger partial charge is 0.293 e. The highest BCUT2D eigenvalue weighted by atomic mass is 35.5. The Labute approximate surface area is 217 Å². The Morgan fingerprint density at radius 3 is 2.40 bits per heavy atom. The number of thioether (sulfide) groups is 1. The monoisotopic (exact) mass is 519 g/mol. The molecule has 0 atom stereocenters. The highest BCUT2D eigenvalue weighted by Gasteiger charge is 2.35. The van der Waals surface area contributed by atoms with Crippen LogP contribution in [0.1, 0.15) is 16.7 Å². The molecule has 5 rings (SSSR count). The summed E-state index contributed by atoms with van der Waals surface area (Å²) in [6, 6.07) is 26.4. The van der Waals surface area contributed by atoms with Crippen LogP contribution in [0.5, 0.6) is 5.75 Å². The second-order valence-electron chi connectivity index (χ2n) is 7.97. The third-order valence-electron chi connectivity index (χ3n) is 5.67. The van der Waals surface area contributed by atoms with Gasteiger partial charge in [0.2, 0.25) is 0 Å². The fourth-order valence-corrected chi connectivity index (χ4v) is 5.00. The Morgan fingerprint density at radius 2 is 1.60 bits per heavy atom. The van der Waals surface area contributed by atoms with Crippen LogP contribution in [0, 0.1) is 0 Å². The number of amides is 2. The normalized spacial score (nSPS) is 14.8. The molecule has 4 aromatic carbocycles. The SMILES string of the molecule is O=C1S/C(=C/c2c(OCc3ccc(Cl)cc3)ccc3ccccc23)C(=O)N1Cc1ccccc1Cl. The molecule has 0 N–H and O–H groups in total. The van der Waals surface area contributed by atoms with Gasteiger partial charge < -0.3 is 4.74 Å². The van der Waals surface area contributed by atoms with Crippen molar-refractivity contribution >= 4 is 63.0 Å². The molecule has 1 aliphatic heterocycles. The van der Waals surface area contributed by atoms with Gasteiger partial charge in [0.05, 0.1) is 11.4 Å². The molecule has 4 aromatic rings. The zero-order valence-electron chi connectivity index (χ0n) is 18.4. The van der Waals surface area contributed by atoms with E-state index in [-0.39, 0.29) is 17.7 Å². The highest BCUT2D eigenvalue weighted by Crippen LogP contribution is 2.38. The number of ether oxygens (including phenoxy) is 1. The quantitative estimate of drug-likeness (QED) is 0.242. The molecule has 0 saturated carbocycles. The van der Waals surface area contributed by atoms with Crippen molar-refractivity contribution in [1.29, 1.82) is 0 Å². The Hall–Kier alpha value is -3.25. The lowest BCUT2D eigenvalue weighted by atomic mass is 10.0. The highest BCUT2D eigenvalue weighted by molar-refractivity contribution is 8.18. The van der Waals surface area contributed by atoms with Crippen molar-refractivity contribution in [1.82, 2.24) is 4.90 Å². The molecule has 1 saturated heterocycles. The van der Waals surface area contributed by atoms with E-state index in [9.17, 15) is 9.59 Å². The molecule has 0 bridgehead atoms. The number of nitrogens with zero attached hydrogens (tertiary/aromatic N) is 1.